The summed E-state index contributed by atoms with van der Waals surface area (Å²) >= 11 is 0. The van der Waals surface area contributed by atoms with Gasteiger partial charge < -0.3 is 8.83 Å². The first-order chi connectivity index (χ1) is 38.7. The summed E-state index contributed by atoms with van der Waals surface area (Å²) in [5.74, 6) is 0. The Morgan fingerprint density at radius 3 is 0.667 bits per heavy atom. The molecule has 14 aromatic carbocycles. The summed E-state index contributed by atoms with van der Waals surface area (Å²) in [5, 5.41) is 13.6. The van der Waals surface area contributed by atoms with E-state index < -0.39 is 0 Å². The van der Waals surface area contributed by atoms with Crippen molar-refractivity contribution in [2.24, 2.45) is 0 Å². The molecule has 0 saturated heterocycles. The molecule has 0 saturated carbocycles. The highest BCUT2D eigenvalue weighted by molar-refractivity contribution is 6.29. The molecular formula is C76H46O2. The molecule has 2 aromatic heterocycles. The van der Waals surface area contributed by atoms with Crippen LogP contribution in [0.3, 0.4) is 0 Å². The monoisotopic (exact) mass is 990 g/mol. The second-order valence-corrected chi connectivity index (χ2v) is 20.6. The third-order valence-electron chi connectivity index (χ3n) is 16.2. The Morgan fingerprint density at radius 2 is 0.385 bits per heavy atom. The first kappa shape index (κ1) is 44.1. The van der Waals surface area contributed by atoms with E-state index >= 15 is 0 Å². The third kappa shape index (κ3) is 7.04. The quantitative estimate of drug-likeness (QED) is 0.159. The molecule has 16 aromatic rings. The van der Waals surface area contributed by atoms with Gasteiger partial charge in [0.15, 0.2) is 0 Å². The highest BCUT2D eigenvalue weighted by atomic mass is 16.3. The van der Waals surface area contributed by atoms with Gasteiger partial charge in [0.25, 0.3) is 0 Å². The van der Waals surface area contributed by atoms with Gasteiger partial charge in [0.1, 0.15) is 22.3 Å². The number of hydrogen-bond donors (Lipinski definition) is 0. The van der Waals surface area contributed by atoms with Gasteiger partial charge in [0.05, 0.1) is 0 Å². The fourth-order valence-corrected chi connectivity index (χ4v) is 12.7. The summed E-state index contributed by atoms with van der Waals surface area (Å²) in [6.07, 6.45) is 0. The summed E-state index contributed by atoms with van der Waals surface area (Å²) in [7, 11) is 0. The van der Waals surface area contributed by atoms with Gasteiger partial charge in [-0.1, -0.05) is 218 Å². The van der Waals surface area contributed by atoms with Crippen molar-refractivity contribution < 1.29 is 8.83 Å². The zero-order chi connectivity index (χ0) is 51.3. The molecular weight excluding hydrogens is 945 g/mol. The van der Waals surface area contributed by atoms with Crippen LogP contribution in [0.4, 0.5) is 0 Å². The smallest absolute Gasteiger partial charge is 0.135 e. The second kappa shape index (κ2) is 17.7. The Labute approximate surface area is 450 Å². The van der Waals surface area contributed by atoms with Crippen LogP contribution in [0, 0.1) is 0 Å². The van der Waals surface area contributed by atoms with Gasteiger partial charge in [-0.2, -0.15) is 0 Å². The molecule has 0 atom stereocenters. The Kier molecular flexibility index (Phi) is 9.98. The molecule has 0 unspecified atom stereocenters. The first-order valence-electron chi connectivity index (χ1n) is 26.8. The van der Waals surface area contributed by atoms with E-state index in [0.717, 1.165) is 109 Å². The van der Waals surface area contributed by atoms with Crippen LogP contribution in [0.15, 0.2) is 288 Å². The van der Waals surface area contributed by atoms with Gasteiger partial charge in [-0.25, -0.2) is 0 Å². The zero-order valence-corrected chi connectivity index (χ0v) is 42.4. The van der Waals surface area contributed by atoms with Gasteiger partial charge >= 0.3 is 0 Å². The second-order valence-electron chi connectivity index (χ2n) is 20.6. The van der Waals surface area contributed by atoms with Crippen LogP contribution in [-0.2, 0) is 0 Å². The van der Waals surface area contributed by atoms with E-state index in [4.69, 9.17) is 8.83 Å². The van der Waals surface area contributed by atoms with E-state index in [2.05, 4.69) is 279 Å². The fourth-order valence-electron chi connectivity index (χ4n) is 12.7. The largest absolute Gasteiger partial charge is 0.456 e. The number of benzene rings is 14. The molecule has 0 N–H and O–H groups in total. The average molecular weight is 991 g/mol. The summed E-state index contributed by atoms with van der Waals surface area (Å²) in [5.41, 5.74) is 19.8. The molecule has 0 aliphatic carbocycles. The lowest BCUT2D eigenvalue weighted by atomic mass is 9.89. The maximum Gasteiger partial charge on any atom is 0.135 e. The van der Waals surface area contributed by atoms with Crippen LogP contribution >= 0.6 is 0 Å². The fraction of sp³-hybridized carbons (Fsp3) is 0. The number of fused-ring (bicyclic) bond motifs is 2. The Hall–Kier alpha value is -10.3. The molecule has 0 bridgehead atoms. The van der Waals surface area contributed by atoms with Crippen LogP contribution in [-0.4, -0.2) is 0 Å². The van der Waals surface area contributed by atoms with Gasteiger partial charge in [-0.15, -0.1) is 0 Å². The number of rotatable bonds is 7. The van der Waals surface area contributed by atoms with Crippen molar-refractivity contribution in [1.82, 2.24) is 0 Å². The minimum absolute atomic E-state index is 0.845. The summed E-state index contributed by atoms with van der Waals surface area (Å²) in [6.45, 7) is 0. The van der Waals surface area contributed by atoms with E-state index in [9.17, 15) is 0 Å². The van der Waals surface area contributed by atoms with Crippen molar-refractivity contribution in [2.75, 3.05) is 0 Å². The van der Waals surface area contributed by atoms with Gasteiger partial charge in [0.2, 0.25) is 0 Å². The standard InChI is InChI=1S/C76H46O2/c1-5-17-47(18-6-1)51-41-52(48-19-7-2-8-20-48)44-55(43-51)57-33-37-69-73-61(57)25-13-29-65(73)67-31-15-27-63-59(35-39-71(77-69)75(63)67)60-36-40-72-76-64(60)28-16-32-68(76)66-30-14-26-62-58(34-38-70(78-72)74(62)66)56-45-53(49-21-9-3-10-22-49)42-54(46-56)50-23-11-4-12-24-50/h1-46H. The van der Waals surface area contributed by atoms with Gasteiger partial charge in [0, 0.05) is 21.5 Å². The average Bonchev–Trinajstić information content (AvgIpc) is 3.96. The molecule has 362 valence electrons. The van der Waals surface area contributed by atoms with Crippen LogP contribution in [0.2, 0.25) is 0 Å². The van der Waals surface area contributed by atoms with E-state index in [0.29, 0.717) is 0 Å². The van der Waals surface area contributed by atoms with Crippen molar-refractivity contribution in [2.45, 2.75) is 0 Å². The van der Waals surface area contributed by atoms with E-state index in [-0.39, 0.29) is 0 Å². The summed E-state index contributed by atoms with van der Waals surface area (Å²) < 4.78 is 14.3. The lowest BCUT2D eigenvalue weighted by Crippen LogP contribution is -1.88. The van der Waals surface area contributed by atoms with Crippen LogP contribution < -0.4 is 0 Å². The van der Waals surface area contributed by atoms with Crippen molar-refractivity contribution in [3.8, 4) is 77.9 Å². The molecule has 0 aliphatic rings. The third-order valence-corrected chi connectivity index (χ3v) is 16.2. The zero-order valence-electron chi connectivity index (χ0n) is 42.4. The molecule has 0 amide bonds. The lowest BCUT2D eigenvalue weighted by Gasteiger charge is -2.14. The van der Waals surface area contributed by atoms with E-state index in [1.807, 2.05) is 0 Å². The minimum atomic E-state index is 0.845. The predicted molar refractivity (Wildman–Crippen MR) is 329 cm³/mol. The van der Waals surface area contributed by atoms with Crippen LogP contribution in [0.25, 0.3) is 165 Å². The SMILES string of the molecule is c1ccc(-c2cc(-c3ccccc3)cc(-c3ccc4oc5ccc(-c6ccc7oc8ccc(-c9cc(-c%10ccccc%10)cc(-c%10ccccc%10)c9)c9cccc(c%10cccc6c7%10)c89)c6cccc(c7cccc3c47)c56)c2)cc1. The lowest BCUT2D eigenvalue weighted by molar-refractivity contribution is 0.663. The van der Waals surface area contributed by atoms with Gasteiger partial charge in [-0.3, -0.25) is 0 Å². The van der Waals surface area contributed by atoms with Crippen molar-refractivity contribution in [1.29, 1.82) is 0 Å². The van der Waals surface area contributed by atoms with Gasteiger partial charge in [-0.05, 0) is 182 Å². The topological polar surface area (TPSA) is 26.3 Å². The molecule has 0 aliphatic heterocycles. The van der Waals surface area contributed by atoms with Crippen molar-refractivity contribution >= 4 is 87.0 Å². The van der Waals surface area contributed by atoms with Crippen LogP contribution in [0.5, 0.6) is 0 Å². The highest BCUT2D eigenvalue weighted by Gasteiger charge is 2.21. The molecule has 2 heteroatoms. The Bertz CT molecular complexity index is 4610. The molecule has 0 spiro atoms. The molecule has 16 rings (SSSR count). The van der Waals surface area contributed by atoms with Crippen LogP contribution in [0.1, 0.15) is 0 Å². The normalized spacial score (nSPS) is 11.8. The van der Waals surface area contributed by atoms with E-state index in [1.165, 1.54) is 55.6 Å². The van der Waals surface area contributed by atoms with E-state index in [1.54, 1.807) is 0 Å². The maximum atomic E-state index is 7.13. The van der Waals surface area contributed by atoms with Crippen molar-refractivity contribution in [3.05, 3.63) is 279 Å². The molecule has 78 heavy (non-hydrogen) atoms. The minimum Gasteiger partial charge on any atom is -0.456 e. The molecule has 0 radical (unpaired) electrons. The summed E-state index contributed by atoms with van der Waals surface area (Å²) in [4.78, 5) is 0. The highest BCUT2D eigenvalue weighted by Crippen LogP contribution is 2.47. The first-order valence-corrected chi connectivity index (χ1v) is 26.8. The number of hydrogen-bond acceptors (Lipinski definition) is 2. The molecule has 2 nitrogen and oxygen atoms in total. The molecule has 0 fully saturated rings. The maximum absolute atomic E-state index is 7.13. The van der Waals surface area contributed by atoms with Crippen molar-refractivity contribution in [3.63, 3.8) is 0 Å². The predicted octanol–water partition coefficient (Wildman–Crippen LogP) is 21.8. The summed E-state index contributed by atoms with van der Waals surface area (Å²) in [6, 6.07) is 101. The molecule has 2 heterocycles. The Balaban J connectivity index is 0.880. The Morgan fingerprint density at radius 1 is 0.154 bits per heavy atom.